The van der Waals surface area contributed by atoms with Crippen LogP contribution in [0.4, 0.5) is 0 Å². The number of aliphatic hydroxyl groups is 4. The Hall–Kier alpha value is -2.34. The first kappa shape index (κ1) is 20.0. The largest absolute Gasteiger partial charge is 0.394 e. The van der Waals surface area contributed by atoms with E-state index in [2.05, 4.69) is 10.1 Å². The van der Waals surface area contributed by atoms with Crippen LogP contribution in [0.1, 0.15) is 17.2 Å². The van der Waals surface area contributed by atoms with Gasteiger partial charge in [-0.1, -0.05) is 17.7 Å². The van der Waals surface area contributed by atoms with Crippen molar-refractivity contribution in [3.63, 3.8) is 0 Å². The molecular formula is C18H19ClN4O6. The van der Waals surface area contributed by atoms with Gasteiger partial charge in [-0.15, -0.1) is 5.10 Å². The first-order valence-corrected chi connectivity index (χ1v) is 9.26. The predicted molar refractivity (Wildman–Crippen MR) is 101 cm³/mol. The van der Waals surface area contributed by atoms with E-state index < -0.39 is 37.1 Å². The number of fused-ring (bicyclic) bond motifs is 1. The van der Waals surface area contributed by atoms with E-state index in [0.717, 1.165) is 0 Å². The predicted octanol–water partition coefficient (Wildman–Crippen LogP) is -0.892. The number of ether oxygens (including phenoxy) is 1. The van der Waals surface area contributed by atoms with Crippen LogP contribution < -0.4 is 5.69 Å². The molecule has 2 aromatic heterocycles. The molecule has 0 amide bonds. The Bertz CT molecular complexity index is 1080. The Morgan fingerprint density at radius 3 is 2.66 bits per heavy atom. The van der Waals surface area contributed by atoms with Gasteiger partial charge in [0, 0.05) is 17.3 Å². The van der Waals surface area contributed by atoms with Gasteiger partial charge in [0.2, 0.25) is 0 Å². The smallest absolute Gasteiger partial charge is 0.351 e. The summed E-state index contributed by atoms with van der Waals surface area (Å²) in [6.07, 6.45) is -3.46. The van der Waals surface area contributed by atoms with E-state index >= 15 is 0 Å². The van der Waals surface area contributed by atoms with Crippen LogP contribution in [0.25, 0.3) is 5.65 Å². The number of aliphatic hydroxyl groups excluding tert-OH is 4. The van der Waals surface area contributed by atoms with Gasteiger partial charge in [-0.05, 0) is 23.3 Å². The van der Waals surface area contributed by atoms with E-state index in [0.29, 0.717) is 21.8 Å². The zero-order valence-electron chi connectivity index (χ0n) is 15.0. The molecule has 0 aliphatic carbocycles. The zero-order chi connectivity index (χ0) is 20.7. The number of hydrogen-bond donors (Lipinski definition) is 4. The van der Waals surface area contributed by atoms with Crippen molar-refractivity contribution in [2.24, 2.45) is 0 Å². The quantitative estimate of drug-likeness (QED) is 0.424. The van der Waals surface area contributed by atoms with E-state index in [1.807, 2.05) is 0 Å². The van der Waals surface area contributed by atoms with Gasteiger partial charge in [-0.25, -0.2) is 18.9 Å². The molecule has 1 aliphatic rings. The Balaban J connectivity index is 1.67. The summed E-state index contributed by atoms with van der Waals surface area (Å²) in [5, 5.41) is 44.3. The van der Waals surface area contributed by atoms with Crippen LogP contribution in [0.2, 0.25) is 5.02 Å². The van der Waals surface area contributed by atoms with Crippen LogP contribution in [-0.2, 0) is 11.3 Å². The molecule has 154 valence electrons. The number of hydrogen-bond acceptors (Lipinski definition) is 8. The second kappa shape index (κ2) is 7.82. The summed E-state index contributed by atoms with van der Waals surface area (Å²) < 4.78 is 8.12. The van der Waals surface area contributed by atoms with Crippen molar-refractivity contribution < 1.29 is 25.2 Å². The summed E-state index contributed by atoms with van der Waals surface area (Å²) >= 11 is 6.29. The normalized spacial score (nSPS) is 27.4. The molecule has 5 atom stereocenters. The molecule has 0 radical (unpaired) electrons. The van der Waals surface area contributed by atoms with Crippen LogP contribution in [-0.4, -0.2) is 70.6 Å². The van der Waals surface area contributed by atoms with E-state index in [1.54, 1.807) is 24.3 Å². The third-order valence-electron chi connectivity index (χ3n) is 5.00. The first-order valence-electron chi connectivity index (χ1n) is 8.88. The van der Waals surface area contributed by atoms with E-state index in [9.17, 15) is 25.2 Å². The highest BCUT2D eigenvalue weighted by molar-refractivity contribution is 6.31. The molecular weight excluding hydrogens is 404 g/mol. The van der Waals surface area contributed by atoms with Crippen molar-refractivity contribution in [2.45, 2.75) is 37.1 Å². The molecule has 3 heterocycles. The maximum absolute atomic E-state index is 12.5. The maximum atomic E-state index is 12.5. The average Bonchev–Trinajstić information content (AvgIpc) is 3.04. The van der Waals surface area contributed by atoms with Gasteiger partial charge in [0.05, 0.1) is 13.2 Å². The molecule has 3 aromatic rings. The summed E-state index contributed by atoms with van der Waals surface area (Å²) in [7, 11) is 0. The minimum Gasteiger partial charge on any atom is -0.394 e. The lowest BCUT2D eigenvalue weighted by molar-refractivity contribution is -0.231. The molecule has 0 saturated carbocycles. The molecule has 4 N–H and O–H groups in total. The van der Waals surface area contributed by atoms with Crippen molar-refractivity contribution in [1.29, 1.82) is 0 Å². The van der Waals surface area contributed by atoms with Crippen LogP contribution in [0, 0.1) is 0 Å². The fourth-order valence-corrected chi connectivity index (χ4v) is 3.59. The Morgan fingerprint density at radius 1 is 1.14 bits per heavy atom. The summed E-state index contributed by atoms with van der Waals surface area (Å²) in [4.78, 5) is 16.4. The highest BCUT2D eigenvalue weighted by Gasteiger charge is 2.44. The lowest BCUT2D eigenvalue weighted by atomic mass is 9.90. The summed E-state index contributed by atoms with van der Waals surface area (Å²) in [5.74, 6) is 0. The van der Waals surface area contributed by atoms with Crippen LogP contribution in [0.5, 0.6) is 0 Å². The number of benzene rings is 1. The average molecular weight is 423 g/mol. The molecule has 1 aromatic carbocycles. The molecule has 0 bridgehead atoms. The molecule has 11 heteroatoms. The first-order chi connectivity index (χ1) is 13.9. The van der Waals surface area contributed by atoms with Gasteiger partial charge >= 0.3 is 5.69 Å². The Kier molecular flexibility index (Phi) is 5.38. The fraction of sp³-hybridized carbons (Fsp3) is 0.389. The molecule has 0 unspecified atom stereocenters. The van der Waals surface area contributed by atoms with Gasteiger partial charge in [-0.3, -0.25) is 0 Å². The summed E-state index contributed by atoms with van der Waals surface area (Å²) in [5.41, 5.74) is 1.06. The van der Waals surface area contributed by atoms with Crippen molar-refractivity contribution in [3.8, 4) is 0 Å². The summed E-state index contributed by atoms with van der Waals surface area (Å²) in [6.45, 7) is -0.461. The van der Waals surface area contributed by atoms with Gasteiger partial charge < -0.3 is 25.2 Å². The molecule has 1 fully saturated rings. The van der Waals surface area contributed by atoms with E-state index in [4.69, 9.17) is 16.3 Å². The standard InChI is InChI=1S/C18H19ClN4O6/c19-11-2-1-9(17-16(27)15(26)14(25)12(7-24)29-17)5-10(11)6-23-18(28)22-8-20-4-3-13(22)21-23/h1-5,8,12,14-17,24-27H,6-7H2/t12-,14-,15+,16+,17+/m1/s1. The highest BCUT2D eigenvalue weighted by atomic mass is 35.5. The van der Waals surface area contributed by atoms with E-state index in [-0.39, 0.29) is 12.2 Å². The maximum Gasteiger partial charge on any atom is 0.351 e. The number of nitrogens with zero attached hydrogens (tertiary/aromatic N) is 4. The van der Waals surface area contributed by atoms with Crippen molar-refractivity contribution >= 4 is 17.2 Å². The van der Waals surface area contributed by atoms with Gasteiger partial charge in [0.25, 0.3) is 0 Å². The second-order valence-electron chi connectivity index (χ2n) is 6.85. The highest BCUT2D eigenvalue weighted by Crippen LogP contribution is 2.34. The van der Waals surface area contributed by atoms with Crippen LogP contribution in [0.3, 0.4) is 0 Å². The molecule has 29 heavy (non-hydrogen) atoms. The van der Waals surface area contributed by atoms with Crippen molar-refractivity contribution in [1.82, 2.24) is 19.2 Å². The lowest BCUT2D eigenvalue weighted by Gasteiger charge is -2.40. The molecule has 1 saturated heterocycles. The molecule has 0 spiro atoms. The van der Waals surface area contributed by atoms with Crippen LogP contribution in [0.15, 0.2) is 41.6 Å². The van der Waals surface area contributed by atoms with Crippen molar-refractivity contribution in [2.75, 3.05) is 6.61 Å². The number of halogens is 1. The topological polar surface area (TPSA) is 142 Å². The Morgan fingerprint density at radius 2 is 1.93 bits per heavy atom. The van der Waals surface area contributed by atoms with Gasteiger partial charge in [0.15, 0.2) is 5.65 Å². The van der Waals surface area contributed by atoms with Gasteiger partial charge in [0.1, 0.15) is 36.8 Å². The molecule has 4 rings (SSSR count). The number of rotatable bonds is 4. The number of aromatic nitrogens is 4. The second-order valence-corrected chi connectivity index (χ2v) is 7.26. The van der Waals surface area contributed by atoms with Crippen molar-refractivity contribution in [3.05, 3.63) is 63.4 Å². The zero-order valence-corrected chi connectivity index (χ0v) is 15.8. The third-order valence-corrected chi connectivity index (χ3v) is 5.37. The minimum absolute atomic E-state index is 0.0601. The summed E-state index contributed by atoms with van der Waals surface area (Å²) in [6, 6.07) is 6.42. The monoisotopic (exact) mass is 422 g/mol. The minimum atomic E-state index is -1.49. The van der Waals surface area contributed by atoms with E-state index in [1.165, 1.54) is 21.6 Å². The SMILES string of the molecule is O=c1n(Cc2cc([C@@H]3O[C@H](CO)[C@@H](O)[C@H](O)[C@@H]3O)ccc2Cl)nc2ccncn12. The lowest BCUT2D eigenvalue weighted by Crippen LogP contribution is -2.55. The van der Waals surface area contributed by atoms with Crippen LogP contribution >= 0.6 is 11.6 Å². The fourth-order valence-electron chi connectivity index (χ4n) is 3.41. The Labute approximate surface area is 169 Å². The van der Waals surface area contributed by atoms with Gasteiger partial charge in [-0.2, -0.15) is 0 Å². The third kappa shape index (κ3) is 3.54. The molecule has 10 nitrogen and oxygen atoms in total. The molecule has 1 aliphatic heterocycles.